The Hall–Kier alpha value is -1.78. The smallest absolute Gasteiger partial charge is 0.212 e. The number of para-hydroxylation sites is 2. The normalized spacial score (nSPS) is 10.7. The monoisotopic (exact) mass is 570 g/mol. The molecular weight excluding hydrogens is 536 g/mol. The Bertz CT molecular complexity index is 999. The number of hydrogen-bond donors (Lipinski definition) is 0. The molecule has 0 aliphatic carbocycles. The van der Waals surface area contributed by atoms with Crippen molar-refractivity contribution in [2.75, 3.05) is 0 Å². The van der Waals surface area contributed by atoms with Crippen LogP contribution in [0, 0.1) is 0 Å². The van der Waals surface area contributed by atoms with Crippen LogP contribution in [0.15, 0.2) is 85.2 Å². The Morgan fingerprint density at radius 1 is 0.394 bits per heavy atom. The Kier molecular flexibility index (Phi) is 12.6. The van der Waals surface area contributed by atoms with Gasteiger partial charge >= 0.3 is 0 Å². The number of aryl methyl sites for hydroxylation is 2. The van der Waals surface area contributed by atoms with E-state index in [2.05, 4.69) is 94.3 Å². The second-order valence-corrected chi connectivity index (χ2v) is 8.70. The number of pyridine rings is 2. The Balaban J connectivity index is 0.00000193. The van der Waals surface area contributed by atoms with Crippen LogP contribution in [0.5, 0.6) is 0 Å². The van der Waals surface area contributed by atoms with E-state index in [1.807, 2.05) is 0 Å². The molecule has 0 spiro atoms. The van der Waals surface area contributed by atoms with Crippen LogP contribution in [0.1, 0.15) is 57.8 Å². The molecule has 33 heavy (non-hydrogen) atoms. The van der Waals surface area contributed by atoms with Crippen molar-refractivity contribution in [1.29, 1.82) is 0 Å². The Morgan fingerprint density at radius 2 is 0.727 bits per heavy atom. The molecule has 0 bridgehead atoms. The van der Waals surface area contributed by atoms with Crippen LogP contribution in [0.2, 0.25) is 0 Å². The quantitative estimate of drug-likeness (QED) is 0.175. The van der Waals surface area contributed by atoms with Crippen molar-refractivity contribution in [3.63, 3.8) is 0 Å². The summed E-state index contributed by atoms with van der Waals surface area (Å²) in [6, 6.07) is 26.1. The van der Waals surface area contributed by atoms with Gasteiger partial charge in [-0.2, -0.15) is 9.13 Å². The molecule has 0 N–H and O–H groups in total. The van der Waals surface area contributed by atoms with Crippen molar-refractivity contribution in [1.82, 2.24) is 0 Å². The van der Waals surface area contributed by atoms with Crippen molar-refractivity contribution >= 4 is 21.8 Å². The van der Waals surface area contributed by atoms with Crippen LogP contribution < -0.4 is 43.1 Å². The first-order chi connectivity index (χ1) is 15.4. The minimum Gasteiger partial charge on any atom is -1.00 e. The minimum atomic E-state index is 0. The molecule has 4 rings (SSSR count). The van der Waals surface area contributed by atoms with E-state index in [-0.39, 0.29) is 34.0 Å². The maximum Gasteiger partial charge on any atom is 0.212 e. The number of benzene rings is 2. The number of halogens is 2. The predicted molar refractivity (Wildman–Crippen MR) is 130 cm³/mol. The summed E-state index contributed by atoms with van der Waals surface area (Å²) < 4.78 is 4.81. The highest BCUT2D eigenvalue weighted by Crippen LogP contribution is 2.12. The van der Waals surface area contributed by atoms with Crippen molar-refractivity contribution in [3.05, 3.63) is 85.2 Å². The van der Waals surface area contributed by atoms with Gasteiger partial charge in [0.25, 0.3) is 0 Å². The maximum atomic E-state index is 2.41. The molecule has 2 aromatic carbocycles. The van der Waals surface area contributed by atoms with Gasteiger partial charge in [0.15, 0.2) is 12.4 Å². The summed E-state index contributed by atoms with van der Waals surface area (Å²) in [5, 5.41) is 2.67. The zero-order valence-corrected chi connectivity index (χ0v) is 22.7. The third kappa shape index (κ3) is 8.19. The van der Waals surface area contributed by atoms with E-state index >= 15 is 0 Å². The van der Waals surface area contributed by atoms with Gasteiger partial charge in [-0.1, -0.05) is 56.4 Å². The summed E-state index contributed by atoms with van der Waals surface area (Å²) in [4.78, 5) is 0. The van der Waals surface area contributed by atoms with Crippen LogP contribution in [-0.4, -0.2) is 0 Å². The number of fused-ring (bicyclic) bond motifs is 2. The molecule has 0 unspecified atom stereocenters. The van der Waals surface area contributed by atoms with Gasteiger partial charge in [0, 0.05) is 47.9 Å². The lowest BCUT2D eigenvalue weighted by atomic mass is 10.1. The zero-order valence-electron chi connectivity index (χ0n) is 19.5. The molecule has 4 heteroatoms. The predicted octanol–water partition coefficient (Wildman–Crippen LogP) is 0.787. The van der Waals surface area contributed by atoms with Crippen molar-refractivity contribution in [2.24, 2.45) is 0 Å². The van der Waals surface area contributed by atoms with Gasteiger partial charge in [-0.15, -0.1) is 0 Å². The SMILES string of the molecule is [Br-].[Br-].c1ccc2c(c1)ccc[n+]2CCCCCCCCCCC[n+]1cccc2ccccc21. The van der Waals surface area contributed by atoms with Crippen molar-refractivity contribution in [3.8, 4) is 0 Å². The highest BCUT2D eigenvalue weighted by atomic mass is 79.9. The average Bonchev–Trinajstić information content (AvgIpc) is 2.82. The van der Waals surface area contributed by atoms with Gasteiger partial charge in [-0.3, -0.25) is 0 Å². The summed E-state index contributed by atoms with van der Waals surface area (Å²) in [5.74, 6) is 0. The van der Waals surface area contributed by atoms with E-state index in [0.29, 0.717) is 0 Å². The minimum absolute atomic E-state index is 0. The number of rotatable bonds is 12. The number of hydrogen-bond acceptors (Lipinski definition) is 0. The number of aromatic nitrogens is 2. The lowest BCUT2D eigenvalue weighted by Crippen LogP contribution is -3.00. The Morgan fingerprint density at radius 3 is 1.15 bits per heavy atom. The molecule has 0 fully saturated rings. The molecule has 0 saturated heterocycles. The summed E-state index contributed by atoms with van der Waals surface area (Å²) in [6.45, 7) is 2.26. The maximum absolute atomic E-state index is 2.41. The van der Waals surface area contributed by atoms with E-state index in [1.165, 1.54) is 79.6 Å². The fraction of sp³-hybridized carbons (Fsp3) is 0.379. The fourth-order valence-electron chi connectivity index (χ4n) is 4.63. The van der Waals surface area contributed by atoms with Gasteiger partial charge in [0.05, 0.1) is 0 Å². The second-order valence-electron chi connectivity index (χ2n) is 8.70. The lowest BCUT2D eigenvalue weighted by molar-refractivity contribution is -0.672. The molecule has 0 aliphatic heterocycles. The van der Waals surface area contributed by atoms with Crippen LogP contribution in [0.25, 0.3) is 21.8 Å². The first-order valence-corrected chi connectivity index (χ1v) is 12.2. The summed E-state index contributed by atoms with van der Waals surface area (Å²) >= 11 is 0. The lowest BCUT2D eigenvalue weighted by Gasteiger charge is -2.03. The molecule has 176 valence electrons. The summed E-state index contributed by atoms with van der Waals surface area (Å²) in [7, 11) is 0. The third-order valence-corrected chi connectivity index (χ3v) is 6.37. The van der Waals surface area contributed by atoms with Crippen LogP contribution in [-0.2, 0) is 13.1 Å². The van der Waals surface area contributed by atoms with Crippen molar-refractivity contribution < 1.29 is 43.1 Å². The van der Waals surface area contributed by atoms with Gasteiger partial charge in [-0.25, -0.2) is 0 Å². The van der Waals surface area contributed by atoms with Crippen LogP contribution in [0.3, 0.4) is 0 Å². The van der Waals surface area contributed by atoms with Crippen LogP contribution >= 0.6 is 0 Å². The largest absolute Gasteiger partial charge is 1.00 e. The molecule has 0 aliphatic rings. The van der Waals surface area contributed by atoms with Gasteiger partial charge in [0.1, 0.15) is 13.1 Å². The fourth-order valence-corrected chi connectivity index (χ4v) is 4.63. The topological polar surface area (TPSA) is 7.76 Å². The zero-order chi connectivity index (χ0) is 21.1. The van der Waals surface area contributed by atoms with E-state index in [0.717, 1.165) is 13.1 Å². The van der Waals surface area contributed by atoms with E-state index in [1.54, 1.807) is 0 Å². The average molecular weight is 572 g/mol. The van der Waals surface area contributed by atoms with Crippen LogP contribution in [0.4, 0.5) is 0 Å². The van der Waals surface area contributed by atoms with E-state index in [9.17, 15) is 0 Å². The summed E-state index contributed by atoms with van der Waals surface area (Å²) in [5.41, 5.74) is 2.71. The van der Waals surface area contributed by atoms with Gasteiger partial charge in [-0.05, 0) is 37.1 Å². The van der Waals surface area contributed by atoms with Gasteiger partial charge in [0.2, 0.25) is 11.0 Å². The first kappa shape index (κ1) is 27.5. The molecule has 0 amide bonds. The van der Waals surface area contributed by atoms with Crippen molar-refractivity contribution in [2.45, 2.75) is 70.9 Å². The molecular formula is C29H36Br2N2. The number of nitrogens with zero attached hydrogens (tertiary/aromatic N) is 2. The van der Waals surface area contributed by atoms with E-state index < -0.39 is 0 Å². The highest BCUT2D eigenvalue weighted by molar-refractivity contribution is 5.75. The highest BCUT2D eigenvalue weighted by Gasteiger charge is 2.07. The summed E-state index contributed by atoms with van der Waals surface area (Å²) in [6.07, 6.45) is 16.6. The Labute approximate surface area is 220 Å². The molecule has 2 nitrogen and oxygen atoms in total. The molecule has 2 heterocycles. The molecule has 0 saturated carbocycles. The molecule has 0 atom stereocenters. The number of unbranched alkanes of at least 4 members (excludes halogenated alkanes) is 8. The standard InChI is InChI=1S/C29H36N2.2BrH/c1(2-4-6-12-22-30-24-14-18-26-16-8-10-20-28(26)30)3-5-7-13-23-31-25-15-19-27-17-9-11-21-29(27)31;;/h8-11,14-21,24-25H,1-7,12-13,22-23H2;2*1H/q+2;;/p-2. The molecule has 0 radical (unpaired) electrons. The third-order valence-electron chi connectivity index (χ3n) is 6.37. The molecule has 4 aromatic rings. The van der Waals surface area contributed by atoms with Gasteiger partial charge < -0.3 is 34.0 Å². The first-order valence-electron chi connectivity index (χ1n) is 12.2. The van der Waals surface area contributed by atoms with E-state index in [4.69, 9.17) is 0 Å². The second kappa shape index (κ2) is 15.2. The molecule has 2 aromatic heterocycles.